The van der Waals surface area contributed by atoms with Gasteiger partial charge in [-0.05, 0) is 12.2 Å². The van der Waals surface area contributed by atoms with E-state index in [2.05, 4.69) is 0 Å². The Morgan fingerprint density at radius 2 is 2.45 bits per heavy atom. The summed E-state index contributed by atoms with van der Waals surface area (Å²) >= 11 is 0. The predicted molar refractivity (Wildman–Crippen MR) is 37.4 cm³/mol. The van der Waals surface area contributed by atoms with Crippen molar-refractivity contribution in [1.29, 1.82) is 0 Å². The van der Waals surface area contributed by atoms with Gasteiger partial charge in [-0.3, -0.25) is 9.59 Å². The van der Waals surface area contributed by atoms with Crippen LogP contribution in [0.15, 0.2) is 24.0 Å². The third-order valence-electron chi connectivity index (χ3n) is 1.28. The molecule has 11 heavy (non-hydrogen) atoms. The molecule has 0 aliphatic carbocycles. The van der Waals surface area contributed by atoms with E-state index in [1.54, 1.807) is 0 Å². The van der Waals surface area contributed by atoms with Crippen molar-refractivity contribution in [3.8, 4) is 0 Å². The maximum atomic E-state index is 10.6. The lowest BCUT2D eigenvalue weighted by Gasteiger charge is -2.14. The van der Waals surface area contributed by atoms with Gasteiger partial charge < -0.3 is 10.5 Å². The molecule has 58 valence electrons. The minimum absolute atomic E-state index is 0.250. The maximum absolute atomic E-state index is 10.6. The van der Waals surface area contributed by atoms with Gasteiger partial charge in [-0.1, -0.05) is 0 Å². The first kappa shape index (κ1) is 7.53. The van der Waals surface area contributed by atoms with Gasteiger partial charge >= 0.3 is 0 Å². The van der Waals surface area contributed by atoms with Gasteiger partial charge in [-0.15, -0.1) is 0 Å². The molecule has 0 saturated carbocycles. The quantitative estimate of drug-likeness (QED) is 0.544. The average Bonchev–Trinajstić information content (AvgIpc) is 2.04. The Labute approximate surface area is 63.3 Å². The molecule has 0 aromatic carbocycles. The van der Waals surface area contributed by atoms with E-state index in [1.807, 2.05) is 0 Å². The first-order valence-electron chi connectivity index (χ1n) is 3.02. The van der Waals surface area contributed by atoms with Gasteiger partial charge in [0.25, 0.3) is 5.91 Å². The fraction of sp³-hybridized carbons (Fsp3) is 0.143. The van der Waals surface area contributed by atoms with E-state index < -0.39 is 12.0 Å². The summed E-state index contributed by atoms with van der Waals surface area (Å²) in [4.78, 5) is 20.9. The number of hydrogen-bond donors (Lipinski definition) is 1. The molecule has 4 heteroatoms. The van der Waals surface area contributed by atoms with Gasteiger partial charge in [-0.25, -0.2) is 0 Å². The summed E-state index contributed by atoms with van der Waals surface area (Å²) in [6.45, 7) is 0. The molecule has 1 rings (SSSR count). The second kappa shape index (κ2) is 3.01. The zero-order valence-corrected chi connectivity index (χ0v) is 5.69. The maximum Gasteiger partial charge on any atom is 0.263 e. The second-order valence-electron chi connectivity index (χ2n) is 2.03. The molecule has 1 amide bonds. The van der Waals surface area contributed by atoms with Gasteiger partial charge in [0.1, 0.15) is 6.29 Å². The van der Waals surface area contributed by atoms with E-state index in [4.69, 9.17) is 10.5 Å². The number of aldehydes is 1. The summed E-state index contributed by atoms with van der Waals surface area (Å²) in [6.07, 6.45) is 3.98. The normalized spacial score (nSPS) is 21.8. The molecular weight excluding hydrogens is 146 g/mol. The number of carbonyl (C=O) groups excluding carboxylic acids is 2. The molecule has 0 radical (unpaired) electrons. The van der Waals surface area contributed by atoms with Crippen LogP contribution in [0.4, 0.5) is 0 Å². The largest absolute Gasteiger partial charge is 0.483 e. The van der Waals surface area contributed by atoms with Crippen LogP contribution < -0.4 is 5.73 Å². The third-order valence-corrected chi connectivity index (χ3v) is 1.28. The van der Waals surface area contributed by atoms with Gasteiger partial charge in [0, 0.05) is 5.57 Å². The molecule has 2 N–H and O–H groups in total. The van der Waals surface area contributed by atoms with Crippen LogP contribution in [0.2, 0.25) is 0 Å². The lowest BCUT2D eigenvalue weighted by molar-refractivity contribution is -0.125. The van der Waals surface area contributed by atoms with Gasteiger partial charge in [0.2, 0.25) is 6.10 Å². The number of nitrogens with two attached hydrogens (primary N) is 1. The SMILES string of the molecule is NC(=O)C1OC=CC=C1C=O. The Morgan fingerprint density at radius 3 is 2.91 bits per heavy atom. The lowest BCUT2D eigenvalue weighted by atomic mass is 10.1. The van der Waals surface area contributed by atoms with Crippen LogP contribution in [0.25, 0.3) is 0 Å². The van der Waals surface area contributed by atoms with Crippen LogP contribution in [-0.4, -0.2) is 18.3 Å². The number of allylic oxidation sites excluding steroid dienone is 2. The predicted octanol–water partition coefficient (Wildman–Crippen LogP) is -0.491. The smallest absolute Gasteiger partial charge is 0.263 e. The summed E-state index contributed by atoms with van der Waals surface area (Å²) in [5, 5.41) is 0. The molecule has 0 spiro atoms. The number of hydrogen-bond acceptors (Lipinski definition) is 3. The zero-order chi connectivity index (χ0) is 8.27. The molecule has 0 fully saturated rings. The molecule has 1 heterocycles. The molecular formula is C7H7NO3. The summed E-state index contributed by atoms with van der Waals surface area (Å²) in [5.41, 5.74) is 5.19. The minimum atomic E-state index is -0.919. The summed E-state index contributed by atoms with van der Waals surface area (Å²) in [6, 6.07) is 0. The van der Waals surface area contributed by atoms with E-state index in [9.17, 15) is 9.59 Å². The Kier molecular flexibility index (Phi) is 2.06. The molecule has 0 aromatic rings. The highest BCUT2D eigenvalue weighted by molar-refractivity contribution is 5.91. The Hall–Kier alpha value is -1.58. The first-order chi connectivity index (χ1) is 5.25. The first-order valence-corrected chi connectivity index (χ1v) is 3.02. The van der Waals surface area contributed by atoms with E-state index in [0.717, 1.165) is 0 Å². The van der Waals surface area contributed by atoms with E-state index in [1.165, 1.54) is 18.4 Å². The molecule has 0 bridgehead atoms. The molecule has 4 nitrogen and oxygen atoms in total. The van der Waals surface area contributed by atoms with Crippen molar-refractivity contribution in [3.05, 3.63) is 24.0 Å². The number of rotatable bonds is 2. The van der Waals surface area contributed by atoms with Crippen LogP contribution in [0, 0.1) is 0 Å². The van der Waals surface area contributed by atoms with Crippen LogP contribution in [-0.2, 0) is 14.3 Å². The van der Waals surface area contributed by atoms with Crippen molar-refractivity contribution in [3.63, 3.8) is 0 Å². The second-order valence-corrected chi connectivity index (χ2v) is 2.03. The van der Waals surface area contributed by atoms with Crippen molar-refractivity contribution in [1.82, 2.24) is 0 Å². The summed E-state index contributed by atoms with van der Waals surface area (Å²) in [7, 11) is 0. The van der Waals surface area contributed by atoms with E-state index in [-0.39, 0.29) is 5.57 Å². The topological polar surface area (TPSA) is 69.4 Å². The Bertz CT molecular complexity index is 242. The van der Waals surface area contributed by atoms with E-state index in [0.29, 0.717) is 6.29 Å². The molecule has 0 saturated heterocycles. The van der Waals surface area contributed by atoms with Crippen molar-refractivity contribution in [2.24, 2.45) is 5.73 Å². The van der Waals surface area contributed by atoms with Crippen LogP contribution >= 0.6 is 0 Å². The van der Waals surface area contributed by atoms with Crippen LogP contribution in [0.5, 0.6) is 0 Å². The van der Waals surface area contributed by atoms with Gasteiger partial charge in [-0.2, -0.15) is 0 Å². The third kappa shape index (κ3) is 1.46. The summed E-state index contributed by atoms with van der Waals surface area (Å²) < 4.78 is 4.79. The number of carbonyl (C=O) groups is 2. The highest BCUT2D eigenvalue weighted by atomic mass is 16.5. The molecule has 1 aliphatic heterocycles. The molecule has 1 aliphatic rings. The molecule has 0 aromatic heterocycles. The lowest BCUT2D eigenvalue weighted by Crippen LogP contribution is -2.33. The molecule has 1 unspecified atom stereocenters. The highest BCUT2D eigenvalue weighted by Gasteiger charge is 2.21. The molecule has 1 atom stereocenters. The van der Waals surface area contributed by atoms with Crippen molar-refractivity contribution < 1.29 is 14.3 Å². The monoisotopic (exact) mass is 153 g/mol. The zero-order valence-electron chi connectivity index (χ0n) is 5.69. The Balaban J connectivity index is 2.83. The van der Waals surface area contributed by atoms with Crippen molar-refractivity contribution >= 4 is 12.2 Å². The summed E-state index contributed by atoms with van der Waals surface area (Å²) in [5.74, 6) is -0.660. The Morgan fingerprint density at radius 1 is 1.73 bits per heavy atom. The fourth-order valence-electron chi connectivity index (χ4n) is 0.773. The van der Waals surface area contributed by atoms with Gasteiger partial charge in [0.15, 0.2) is 0 Å². The van der Waals surface area contributed by atoms with Crippen molar-refractivity contribution in [2.75, 3.05) is 0 Å². The number of primary amides is 1. The standard InChI is InChI=1S/C7H7NO3/c8-7(10)6-5(4-9)2-1-3-11-6/h1-4,6H,(H2,8,10). The van der Waals surface area contributed by atoms with E-state index >= 15 is 0 Å². The van der Waals surface area contributed by atoms with Crippen LogP contribution in [0.1, 0.15) is 0 Å². The number of amides is 1. The average molecular weight is 153 g/mol. The minimum Gasteiger partial charge on any atom is -0.483 e. The highest BCUT2D eigenvalue weighted by Crippen LogP contribution is 2.09. The van der Waals surface area contributed by atoms with Crippen LogP contribution in [0.3, 0.4) is 0 Å². The fourth-order valence-corrected chi connectivity index (χ4v) is 0.773. The van der Waals surface area contributed by atoms with Gasteiger partial charge in [0.05, 0.1) is 6.26 Å². The number of ether oxygens (including phenoxy) is 1. The van der Waals surface area contributed by atoms with Crippen molar-refractivity contribution in [2.45, 2.75) is 6.10 Å².